The highest BCUT2D eigenvalue weighted by molar-refractivity contribution is 7.45. The van der Waals surface area contributed by atoms with E-state index in [2.05, 4.69) is 62.3 Å². The van der Waals surface area contributed by atoms with Gasteiger partial charge < -0.3 is 30.0 Å². The summed E-state index contributed by atoms with van der Waals surface area (Å²) in [4.78, 5) is 21.6. The number of phenols is 3. The molecule has 0 saturated heterocycles. The van der Waals surface area contributed by atoms with Crippen LogP contribution in [0.2, 0.25) is 0 Å². The summed E-state index contributed by atoms with van der Waals surface area (Å²) >= 11 is 0. The molecule has 0 radical (unpaired) electrons. The number of phosphoric acid groups is 1. The third kappa shape index (κ3) is 16.8. The molecule has 212 valence electrons. The average molecular weight is 549 g/mol. The fraction of sp³-hybridized carbons (Fsp3) is 0.400. The zero-order valence-corrected chi connectivity index (χ0v) is 24.9. The van der Waals surface area contributed by atoms with E-state index < -0.39 is 7.82 Å². The van der Waals surface area contributed by atoms with Crippen LogP contribution in [0.1, 0.15) is 79.0 Å². The van der Waals surface area contributed by atoms with E-state index in [1.54, 1.807) is 36.4 Å². The van der Waals surface area contributed by atoms with Gasteiger partial charge in [0.25, 0.3) is 0 Å². The van der Waals surface area contributed by atoms with E-state index >= 15 is 0 Å². The first-order valence-corrected chi connectivity index (χ1v) is 13.7. The van der Waals surface area contributed by atoms with Crippen molar-refractivity contribution >= 4 is 7.82 Å². The number of aromatic hydroxyl groups is 3. The molecule has 0 heterocycles. The monoisotopic (exact) mass is 548 g/mol. The lowest BCUT2D eigenvalue weighted by Gasteiger charge is -2.18. The Hall–Kier alpha value is -2.83. The predicted molar refractivity (Wildman–Crippen MR) is 155 cm³/mol. The Labute approximate surface area is 227 Å². The molecule has 3 rings (SSSR count). The molecule has 0 aliphatic heterocycles. The van der Waals surface area contributed by atoms with Crippen LogP contribution < -0.4 is 0 Å². The van der Waals surface area contributed by atoms with Crippen molar-refractivity contribution in [2.45, 2.75) is 78.6 Å². The van der Waals surface area contributed by atoms with Gasteiger partial charge in [-0.2, -0.15) is 0 Å². The summed E-state index contributed by atoms with van der Waals surface area (Å²) in [5.74, 6) is 0.994. The Kier molecular flexibility index (Phi) is 13.3. The summed E-state index contributed by atoms with van der Waals surface area (Å²) in [7, 11) is -4.64. The van der Waals surface area contributed by atoms with Crippen molar-refractivity contribution in [3.8, 4) is 17.2 Å². The number of rotatable bonds is 0. The zero-order chi connectivity index (χ0) is 29.9. The minimum Gasteiger partial charge on any atom is -0.508 e. The molecule has 38 heavy (non-hydrogen) atoms. The van der Waals surface area contributed by atoms with Gasteiger partial charge in [0.05, 0.1) is 0 Å². The largest absolute Gasteiger partial charge is 0.508 e. The average Bonchev–Trinajstić information content (AvgIpc) is 2.72. The van der Waals surface area contributed by atoms with Gasteiger partial charge in [-0.15, -0.1) is 0 Å². The number of benzene rings is 3. The topological polar surface area (TPSA) is 138 Å². The van der Waals surface area contributed by atoms with Crippen molar-refractivity contribution < 1.29 is 34.6 Å². The van der Waals surface area contributed by atoms with Crippen LogP contribution in [-0.4, -0.2) is 30.0 Å². The molecular formula is C30H45O7P. The number of hydrogen-bond acceptors (Lipinski definition) is 4. The van der Waals surface area contributed by atoms with E-state index in [0.717, 1.165) is 0 Å². The van der Waals surface area contributed by atoms with E-state index in [4.69, 9.17) is 34.6 Å². The Balaban J connectivity index is 0.000000497. The van der Waals surface area contributed by atoms with Crippen molar-refractivity contribution in [1.29, 1.82) is 0 Å². The second kappa shape index (κ2) is 14.4. The van der Waals surface area contributed by atoms with Gasteiger partial charge in [-0.1, -0.05) is 98.7 Å². The summed E-state index contributed by atoms with van der Waals surface area (Å²) in [6.07, 6.45) is 0. The van der Waals surface area contributed by atoms with E-state index in [1.807, 2.05) is 36.4 Å². The molecule has 0 aliphatic carbocycles. The molecule has 3 aromatic rings. The van der Waals surface area contributed by atoms with Gasteiger partial charge in [-0.25, -0.2) is 4.57 Å². The van der Waals surface area contributed by atoms with Gasteiger partial charge in [0.1, 0.15) is 17.2 Å². The number of hydrogen-bond donors (Lipinski definition) is 6. The molecular weight excluding hydrogens is 503 g/mol. The Morgan fingerprint density at radius 3 is 0.658 bits per heavy atom. The van der Waals surface area contributed by atoms with Crippen molar-refractivity contribution in [3.63, 3.8) is 0 Å². The third-order valence-electron chi connectivity index (χ3n) is 5.20. The first-order chi connectivity index (χ1) is 17.0. The van der Waals surface area contributed by atoms with Crippen LogP contribution >= 0.6 is 7.82 Å². The second-order valence-electron chi connectivity index (χ2n) is 11.9. The van der Waals surface area contributed by atoms with Crippen LogP contribution in [0.3, 0.4) is 0 Å². The lowest BCUT2D eigenvalue weighted by atomic mass is 9.87. The SMILES string of the molecule is CC(C)(C)c1ccc(O)cc1.CC(C)(C)c1ccc(O)cc1.CC(C)(C)c1ccc(O)cc1.O=P(O)(O)O. The fourth-order valence-electron chi connectivity index (χ4n) is 2.88. The van der Waals surface area contributed by atoms with E-state index in [0.29, 0.717) is 17.2 Å². The van der Waals surface area contributed by atoms with Crippen LogP contribution in [0.4, 0.5) is 0 Å². The molecule has 0 atom stereocenters. The van der Waals surface area contributed by atoms with Gasteiger partial charge in [-0.05, 0) is 69.3 Å². The zero-order valence-electron chi connectivity index (χ0n) is 24.0. The number of phenolic OH excluding ortho intramolecular Hbond substituents is 3. The third-order valence-corrected chi connectivity index (χ3v) is 5.20. The molecule has 0 aliphatic rings. The molecule has 8 heteroatoms. The molecule has 3 aromatic carbocycles. The lowest BCUT2D eigenvalue weighted by Crippen LogP contribution is -2.10. The predicted octanol–water partition coefficient (Wildman–Crippen LogP) is 7.14. The van der Waals surface area contributed by atoms with Gasteiger partial charge in [0.15, 0.2) is 0 Å². The van der Waals surface area contributed by atoms with Crippen LogP contribution in [0.15, 0.2) is 72.8 Å². The van der Waals surface area contributed by atoms with Crippen molar-refractivity contribution in [2.75, 3.05) is 0 Å². The maximum atomic E-state index is 9.02. The van der Waals surface area contributed by atoms with Crippen LogP contribution in [-0.2, 0) is 20.8 Å². The normalized spacial score (nSPS) is 11.6. The highest BCUT2D eigenvalue weighted by Gasteiger charge is 2.13. The highest BCUT2D eigenvalue weighted by Crippen LogP contribution is 2.26. The first kappa shape index (κ1) is 35.2. The Morgan fingerprint density at radius 1 is 0.421 bits per heavy atom. The maximum absolute atomic E-state index is 9.02. The molecule has 0 amide bonds. The first-order valence-electron chi connectivity index (χ1n) is 12.2. The van der Waals surface area contributed by atoms with Crippen molar-refractivity contribution in [1.82, 2.24) is 0 Å². The summed E-state index contributed by atoms with van der Waals surface area (Å²) in [5.41, 5.74) is 4.26. The summed E-state index contributed by atoms with van der Waals surface area (Å²) in [6, 6.07) is 22.1. The quantitative estimate of drug-likeness (QED) is 0.164. The highest BCUT2D eigenvalue weighted by atomic mass is 31.2. The van der Waals surface area contributed by atoms with E-state index in [1.165, 1.54) is 16.7 Å². The van der Waals surface area contributed by atoms with Gasteiger partial charge >= 0.3 is 7.82 Å². The van der Waals surface area contributed by atoms with Crippen molar-refractivity contribution in [3.05, 3.63) is 89.5 Å². The Morgan fingerprint density at radius 2 is 0.553 bits per heavy atom. The van der Waals surface area contributed by atoms with E-state index in [9.17, 15) is 0 Å². The van der Waals surface area contributed by atoms with Gasteiger partial charge in [0, 0.05) is 0 Å². The standard InChI is InChI=1S/3C10H14O.H3O4P/c3*1-10(2,3)8-4-6-9(11)7-5-8;1-5(2,3)4/h3*4-7,11H,1-3H3;(H3,1,2,3,4). The molecule has 0 unspecified atom stereocenters. The molecule has 0 fully saturated rings. The van der Waals surface area contributed by atoms with Gasteiger partial charge in [0.2, 0.25) is 0 Å². The molecule has 0 spiro atoms. The lowest BCUT2D eigenvalue weighted by molar-refractivity contribution is 0.275. The van der Waals surface area contributed by atoms with E-state index in [-0.39, 0.29) is 16.2 Å². The van der Waals surface area contributed by atoms with Crippen LogP contribution in [0.5, 0.6) is 17.2 Å². The minimum atomic E-state index is -4.64. The van der Waals surface area contributed by atoms with Crippen LogP contribution in [0, 0.1) is 0 Å². The molecule has 0 aromatic heterocycles. The Bertz CT molecular complexity index is 972. The van der Waals surface area contributed by atoms with Gasteiger partial charge in [-0.3, -0.25) is 0 Å². The molecule has 0 bridgehead atoms. The summed E-state index contributed by atoms with van der Waals surface area (Å²) in [6.45, 7) is 19.4. The maximum Gasteiger partial charge on any atom is 0.466 e. The smallest absolute Gasteiger partial charge is 0.466 e. The molecule has 7 nitrogen and oxygen atoms in total. The van der Waals surface area contributed by atoms with Crippen LogP contribution in [0.25, 0.3) is 0 Å². The summed E-state index contributed by atoms with van der Waals surface area (Å²) in [5, 5.41) is 27.1. The molecule has 6 N–H and O–H groups in total. The minimum absolute atomic E-state index is 0.174. The summed E-state index contributed by atoms with van der Waals surface area (Å²) < 4.78 is 8.88. The van der Waals surface area contributed by atoms with Crippen molar-refractivity contribution in [2.24, 2.45) is 0 Å². The molecule has 0 saturated carbocycles. The second-order valence-corrected chi connectivity index (χ2v) is 12.9. The fourth-order valence-corrected chi connectivity index (χ4v) is 2.88.